The van der Waals surface area contributed by atoms with Gasteiger partial charge in [0.2, 0.25) is 11.6 Å². The number of benzene rings is 1. The van der Waals surface area contributed by atoms with Gasteiger partial charge in [-0.2, -0.15) is 9.78 Å². The maximum Gasteiger partial charge on any atom is 0.293 e. The molecule has 3 N–H and O–H groups in total. The highest BCUT2D eigenvalue weighted by molar-refractivity contribution is 7.98. The topological polar surface area (TPSA) is 168 Å². The van der Waals surface area contributed by atoms with Crippen LogP contribution in [0, 0.1) is 0 Å². The molecule has 32 heavy (non-hydrogen) atoms. The van der Waals surface area contributed by atoms with E-state index in [0.29, 0.717) is 10.9 Å². The van der Waals surface area contributed by atoms with Crippen molar-refractivity contribution in [3.05, 3.63) is 53.1 Å². The maximum atomic E-state index is 12.8. The quantitative estimate of drug-likeness (QED) is 0.223. The third kappa shape index (κ3) is 4.49. The first-order chi connectivity index (χ1) is 15.6. The number of carbonyl (C=O) groups is 1. The van der Waals surface area contributed by atoms with Gasteiger partial charge in [-0.05, 0) is 27.9 Å². The van der Waals surface area contributed by atoms with Gasteiger partial charge < -0.3 is 10.3 Å². The number of nitrogens with two attached hydrogens (primary N) is 1. The SMILES string of the molecule is CCc1ccc(C=NNC(=O)c2nnn(-c3nonc3N)c2CSc2nncn2C)cc1. The van der Waals surface area contributed by atoms with E-state index in [2.05, 4.69) is 52.9 Å². The molecule has 3 heterocycles. The minimum Gasteiger partial charge on any atom is -0.378 e. The number of hydrazone groups is 1. The van der Waals surface area contributed by atoms with Gasteiger partial charge in [0.25, 0.3) is 5.91 Å². The van der Waals surface area contributed by atoms with Crippen molar-refractivity contribution in [2.45, 2.75) is 24.3 Å². The highest BCUT2D eigenvalue weighted by Crippen LogP contribution is 2.24. The Balaban J connectivity index is 1.55. The van der Waals surface area contributed by atoms with E-state index >= 15 is 0 Å². The number of amides is 1. The number of hydrogen-bond donors (Lipinski definition) is 2. The number of carbonyl (C=O) groups excluding carboxylic acids is 1. The fraction of sp³-hybridized carbons (Fsp3) is 0.222. The molecule has 1 aromatic carbocycles. The maximum absolute atomic E-state index is 12.8. The lowest BCUT2D eigenvalue weighted by molar-refractivity contribution is 0.0949. The molecule has 14 heteroatoms. The molecule has 164 valence electrons. The Morgan fingerprint density at radius 2 is 2.09 bits per heavy atom. The van der Waals surface area contributed by atoms with Gasteiger partial charge in [0, 0.05) is 12.8 Å². The van der Waals surface area contributed by atoms with Gasteiger partial charge in [-0.25, -0.2) is 10.1 Å². The standard InChI is InChI=1S/C18H19N11O2S/c1-3-11-4-6-12(7-5-11)8-20-23-17(30)14-13(9-32-18-24-21-10-28(18)2)29(27-22-14)16-15(19)25-31-26-16/h4-8,10H,3,9H2,1-2H3,(H2,19,25)(H,23,30). The van der Waals surface area contributed by atoms with Crippen LogP contribution in [-0.2, 0) is 19.2 Å². The number of hydrogen-bond acceptors (Lipinski definition) is 11. The molecule has 4 rings (SSSR count). The van der Waals surface area contributed by atoms with Crippen molar-refractivity contribution in [3.63, 3.8) is 0 Å². The van der Waals surface area contributed by atoms with Gasteiger partial charge in [0.15, 0.2) is 10.9 Å². The lowest BCUT2D eigenvalue weighted by Gasteiger charge is -2.05. The molecule has 0 aliphatic carbocycles. The molecule has 0 spiro atoms. The summed E-state index contributed by atoms with van der Waals surface area (Å²) >= 11 is 1.33. The highest BCUT2D eigenvalue weighted by atomic mass is 32.2. The summed E-state index contributed by atoms with van der Waals surface area (Å²) in [5.41, 5.74) is 10.8. The molecular formula is C18H19N11O2S. The largest absolute Gasteiger partial charge is 0.378 e. The summed E-state index contributed by atoms with van der Waals surface area (Å²) in [5.74, 6) is -0.122. The van der Waals surface area contributed by atoms with Crippen molar-refractivity contribution in [1.29, 1.82) is 0 Å². The fourth-order valence-corrected chi connectivity index (χ4v) is 3.59. The monoisotopic (exact) mass is 453 g/mol. The van der Waals surface area contributed by atoms with Crippen molar-refractivity contribution < 1.29 is 9.42 Å². The van der Waals surface area contributed by atoms with Gasteiger partial charge in [0.05, 0.1) is 11.9 Å². The number of nitrogens with zero attached hydrogens (tertiary/aromatic N) is 9. The molecule has 0 radical (unpaired) electrons. The molecule has 13 nitrogen and oxygen atoms in total. The number of anilines is 1. The predicted octanol–water partition coefficient (Wildman–Crippen LogP) is 0.980. The van der Waals surface area contributed by atoms with E-state index in [1.807, 2.05) is 31.3 Å². The zero-order valence-corrected chi connectivity index (χ0v) is 18.0. The summed E-state index contributed by atoms with van der Waals surface area (Å²) in [6, 6.07) is 7.86. The van der Waals surface area contributed by atoms with E-state index in [9.17, 15) is 4.79 Å². The highest BCUT2D eigenvalue weighted by Gasteiger charge is 2.24. The minimum atomic E-state index is -0.540. The summed E-state index contributed by atoms with van der Waals surface area (Å²) < 4.78 is 7.70. The van der Waals surface area contributed by atoms with E-state index in [0.717, 1.165) is 12.0 Å². The number of nitrogen functional groups attached to an aromatic ring is 1. The lowest BCUT2D eigenvalue weighted by atomic mass is 10.1. The van der Waals surface area contributed by atoms with Crippen LogP contribution in [0.25, 0.3) is 5.82 Å². The molecule has 0 unspecified atom stereocenters. The Labute approximate surface area is 186 Å². The Hall–Kier alpha value is -4.07. The van der Waals surface area contributed by atoms with Crippen LogP contribution in [0.1, 0.15) is 34.2 Å². The smallest absolute Gasteiger partial charge is 0.293 e. The van der Waals surface area contributed by atoms with Crippen LogP contribution in [0.4, 0.5) is 5.82 Å². The minimum absolute atomic E-state index is 0.0142. The van der Waals surface area contributed by atoms with Crippen LogP contribution in [0.3, 0.4) is 0 Å². The van der Waals surface area contributed by atoms with Crippen molar-refractivity contribution in [2.75, 3.05) is 5.73 Å². The van der Waals surface area contributed by atoms with Crippen LogP contribution >= 0.6 is 11.8 Å². The van der Waals surface area contributed by atoms with Gasteiger partial charge >= 0.3 is 0 Å². The number of rotatable bonds is 8. The first-order valence-corrected chi connectivity index (χ1v) is 10.5. The summed E-state index contributed by atoms with van der Waals surface area (Å²) in [4.78, 5) is 12.8. The molecule has 1 amide bonds. The number of aromatic nitrogens is 8. The van der Waals surface area contributed by atoms with E-state index in [1.54, 1.807) is 17.1 Å². The second-order valence-electron chi connectivity index (χ2n) is 6.58. The average Bonchev–Trinajstić information content (AvgIpc) is 3.52. The molecule has 0 atom stereocenters. The Morgan fingerprint density at radius 3 is 2.75 bits per heavy atom. The molecule has 0 bridgehead atoms. The summed E-state index contributed by atoms with van der Waals surface area (Å²) in [7, 11) is 1.81. The third-order valence-corrected chi connectivity index (χ3v) is 5.50. The molecule has 0 fully saturated rings. The van der Waals surface area contributed by atoms with E-state index in [1.165, 1.54) is 22.0 Å². The van der Waals surface area contributed by atoms with Gasteiger partial charge in [-0.3, -0.25) is 4.79 Å². The zero-order valence-electron chi connectivity index (χ0n) is 17.2. The van der Waals surface area contributed by atoms with Gasteiger partial charge in [-0.15, -0.1) is 15.3 Å². The van der Waals surface area contributed by atoms with Crippen LogP contribution in [-0.4, -0.2) is 52.2 Å². The number of nitrogens with one attached hydrogen (secondary N) is 1. The molecule has 0 aliphatic heterocycles. The molecule has 0 aliphatic rings. The number of aryl methyl sites for hydroxylation is 2. The summed E-state index contributed by atoms with van der Waals surface area (Å²) in [6.45, 7) is 2.08. The van der Waals surface area contributed by atoms with Crippen molar-refractivity contribution in [2.24, 2.45) is 12.1 Å². The fourth-order valence-electron chi connectivity index (χ4n) is 2.71. The Kier molecular flexibility index (Phi) is 6.21. The Morgan fingerprint density at radius 1 is 1.28 bits per heavy atom. The molecule has 4 aromatic rings. The van der Waals surface area contributed by atoms with Crippen LogP contribution in [0.2, 0.25) is 0 Å². The first-order valence-electron chi connectivity index (χ1n) is 9.49. The zero-order chi connectivity index (χ0) is 22.5. The normalized spacial score (nSPS) is 11.3. The molecule has 0 saturated heterocycles. The van der Waals surface area contributed by atoms with Crippen molar-refractivity contribution >= 4 is 29.7 Å². The Bertz CT molecular complexity index is 1240. The third-order valence-electron chi connectivity index (χ3n) is 4.45. The lowest BCUT2D eigenvalue weighted by Crippen LogP contribution is -2.20. The average molecular weight is 453 g/mol. The van der Waals surface area contributed by atoms with Crippen LogP contribution < -0.4 is 11.2 Å². The number of thioether (sulfide) groups is 1. The van der Waals surface area contributed by atoms with E-state index in [-0.39, 0.29) is 23.1 Å². The van der Waals surface area contributed by atoms with E-state index < -0.39 is 5.91 Å². The molecule has 0 saturated carbocycles. The van der Waals surface area contributed by atoms with Crippen LogP contribution in [0.5, 0.6) is 0 Å². The van der Waals surface area contributed by atoms with Crippen molar-refractivity contribution in [1.82, 2.24) is 45.5 Å². The summed E-state index contributed by atoms with van der Waals surface area (Å²) in [5, 5.41) is 27.8. The van der Waals surface area contributed by atoms with Crippen molar-refractivity contribution in [3.8, 4) is 5.82 Å². The predicted molar refractivity (Wildman–Crippen MR) is 115 cm³/mol. The van der Waals surface area contributed by atoms with Crippen LogP contribution in [0.15, 0.2) is 45.5 Å². The van der Waals surface area contributed by atoms with E-state index in [4.69, 9.17) is 5.73 Å². The van der Waals surface area contributed by atoms with Gasteiger partial charge in [-0.1, -0.05) is 48.2 Å². The molecular weight excluding hydrogens is 434 g/mol. The summed E-state index contributed by atoms with van der Waals surface area (Å²) in [6.07, 6.45) is 4.08. The van der Waals surface area contributed by atoms with Gasteiger partial charge in [0.1, 0.15) is 6.33 Å². The molecule has 3 aromatic heterocycles. The second-order valence-corrected chi connectivity index (χ2v) is 7.52. The second kappa shape index (κ2) is 9.38. The first kappa shape index (κ1) is 21.2.